The normalized spacial score (nSPS) is 30.8. The molecule has 1 saturated heterocycles. The van der Waals surface area contributed by atoms with Crippen LogP contribution in [-0.2, 0) is 9.53 Å². The van der Waals surface area contributed by atoms with Crippen LogP contribution in [-0.4, -0.2) is 60.4 Å². The second kappa shape index (κ2) is 7.30. The Bertz CT molecular complexity index is 426. The summed E-state index contributed by atoms with van der Waals surface area (Å²) in [4.78, 5) is 14.5. The third-order valence-electron chi connectivity index (χ3n) is 5.30. The van der Waals surface area contributed by atoms with Crippen molar-refractivity contribution in [2.24, 2.45) is 17.3 Å². The zero-order valence-corrected chi connectivity index (χ0v) is 15.5. The van der Waals surface area contributed by atoms with Gasteiger partial charge in [-0.1, -0.05) is 20.8 Å². The number of hydrogen-bond acceptors (Lipinski definition) is 4. The molecule has 3 atom stereocenters. The van der Waals surface area contributed by atoms with E-state index in [9.17, 15) is 9.90 Å². The van der Waals surface area contributed by atoms with E-state index in [-0.39, 0.29) is 23.5 Å². The average Bonchev–Trinajstić information content (AvgIpc) is 3.37. The van der Waals surface area contributed by atoms with Crippen molar-refractivity contribution in [3.8, 4) is 0 Å². The first-order chi connectivity index (χ1) is 11.3. The molecule has 2 N–H and O–H groups in total. The predicted octanol–water partition coefficient (Wildman–Crippen LogP) is 1.79. The first-order valence-corrected chi connectivity index (χ1v) is 9.62. The summed E-state index contributed by atoms with van der Waals surface area (Å²) in [5, 5.41) is 13.6. The van der Waals surface area contributed by atoms with E-state index in [4.69, 9.17) is 4.74 Å². The summed E-state index contributed by atoms with van der Waals surface area (Å²) < 4.78 is 5.84. The van der Waals surface area contributed by atoms with E-state index in [2.05, 4.69) is 31.0 Å². The van der Waals surface area contributed by atoms with E-state index in [1.54, 1.807) is 0 Å². The molecule has 0 aromatic heterocycles. The van der Waals surface area contributed by atoms with Gasteiger partial charge in [-0.3, -0.25) is 9.69 Å². The maximum atomic E-state index is 12.0. The molecular weight excluding hydrogens is 304 g/mol. The van der Waals surface area contributed by atoms with Gasteiger partial charge in [0.2, 0.25) is 5.91 Å². The second-order valence-electron chi connectivity index (χ2n) is 9.31. The van der Waals surface area contributed by atoms with Gasteiger partial charge < -0.3 is 15.2 Å². The van der Waals surface area contributed by atoms with E-state index >= 15 is 0 Å². The molecule has 3 aliphatic rings. The van der Waals surface area contributed by atoms with Gasteiger partial charge in [-0.2, -0.15) is 0 Å². The Balaban J connectivity index is 1.47. The van der Waals surface area contributed by atoms with Crippen LogP contribution >= 0.6 is 0 Å². The number of nitrogens with zero attached hydrogens (tertiary/aromatic N) is 1. The van der Waals surface area contributed by atoms with E-state index in [1.807, 2.05) is 0 Å². The lowest BCUT2D eigenvalue weighted by Gasteiger charge is -2.31. The van der Waals surface area contributed by atoms with Gasteiger partial charge in [-0.05, 0) is 42.9 Å². The van der Waals surface area contributed by atoms with Crippen LogP contribution in [0.4, 0.5) is 0 Å². The van der Waals surface area contributed by atoms with Crippen LogP contribution in [0.3, 0.4) is 0 Å². The SMILES string of the molecule is CC(C)(C)CC(=O)NCC1OCC(N(CC2CC2)CC2CC2)C1O. The van der Waals surface area contributed by atoms with Gasteiger partial charge >= 0.3 is 0 Å². The zero-order valence-electron chi connectivity index (χ0n) is 15.5. The average molecular weight is 338 g/mol. The molecule has 3 unspecified atom stereocenters. The molecular formula is C19H34N2O3. The number of hydrogen-bond donors (Lipinski definition) is 2. The number of amides is 1. The first-order valence-electron chi connectivity index (χ1n) is 9.62. The molecule has 0 aromatic carbocycles. The maximum Gasteiger partial charge on any atom is 0.220 e. The fourth-order valence-corrected chi connectivity index (χ4v) is 3.54. The zero-order chi connectivity index (χ0) is 17.3. The van der Waals surface area contributed by atoms with E-state index < -0.39 is 6.10 Å². The van der Waals surface area contributed by atoms with Gasteiger partial charge in [0.15, 0.2) is 0 Å². The Morgan fingerprint density at radius 3 is 2.25 bits per heavy atom. The molecule has 5 nitrogen and oxygen atoms in total. The highest BCUT2D eigenvalue weighted by Gasteiger charge is 2.42. The molecule has 1 aliphatic heterocycles. The molecule has 2 saturated carbocycles. The monoisotopic (exact) mass is 338 g/mol. The summed E-state index contributed by atoms with van der Waals surface area (Å²) in [6.07, 6.45) is 5.04. The summed E-state index contributed by atoms with van der Waals surface area (Å²) in [5.41, 5.74) is -0.0207. The van der Waals surface area contributed by atoms with Crippen molar-refractivity contribution in [2.75, 3.05) is 26.2 Å². The topological polar surface area (TPSA) is 61.8 Å². The Hall–Kier alpha value is -0.650. The van der Waals surface area contributed by atoms with Crippen molar-refractivity contribution >= 4 is 5.91 Å². The molecule has 0 bridgehead atoms. The smallest absolute Gasteiger partial charge is 0.220 e. The molecule has 5 heteroatoms. The lowest BCUT2D eigenvalue weighted by atomic mass is 9.92. The minimum absolute atomic E-state index is 0.0207. The van der Waals surface area contributed by atoms with Crippen molar-refractivity contribution in [1.82, 2.24) is 10.2 Å². The van der Waals surface area contributed by atoms with E-state index in [0.717, 1.165) is 24.9 Å². The van der Waals surface area contributed by atoms with Crippen molar-refractivity contribution in [2.45, 2.75) is 71.1 Å². The number of aliphatic hydroxyl groups excluding tert-OH is 1. The first kappa shape index (κ1) is 18.2. The summed E-state index contributed by atoms with van der Waals surface area (Å²) in [6, 6.07) is 0.0933. The molecule has 0 spiro atoms. The van der Waals surface area contributed by atoms with Gasteiger partial charge in [0, 0.05) is 26.1 Å². The number of rotatable bonds is 8. The van der Waals surface area contributed by atoms with Crippen LogP contribution in [0.2, 0.25) is 0 Å². The van der Waals surface area contributed by atoms with Crippen molar-refractivity contribution in [3.05, 3.63) is 0 Å². The molecule has 2 aliphatic carbocycles. The third-order valence-corrected chi connectivity index (χ3v) is 5.30. The Morgan fingerprint density at radius 2 is 1.75 bits per heavy atom. The molecule has 24 heavy (non-hydrogen) atoms. The van der Waals surface area contributed by atoms with Gasteiger partial charge in [-0.25, -0.2) is 0 Å². The van der Waals surface area contributed by atoms with Gasteiger partial charge in [0.25, 0.3) is 0 Å². The summed E-state index contributed by atoms with van der Waals surface area (Å²) in [7, 11) is 0. The highest BCUT2D eigenvalue weighted by Crippen LogP contribution is 2.36. The Kier molecular flexibility index (Phi) is 5.52. The number of carbonyl (C=O) groups is 1. The van der Waals surface area contributed by atoms with Crippen LogP contribution in [0.1, 0.15) is 52.9 Å². The van der Waals surface area contributed by atoms with Gasteiger partial charge in [0.05, 0.1) is 18.8 Å². The van der Waals surface area contributed by atoms with Gasteiger partial charge in [0.1, 0.15) is 6.10 Å². The lowest BCUT2D eigenvalue weighted by molar-refractivity contribution is -0.123. The van der Waals surface area contributed by atoms with Crippen molar-refractivity contribution in [3.63, 3.8) is 0 Å². The van der Waals surface area contributed by atoms with Crippen molar-refractivity contribution in [1.29, 1.82) is 0 Å². The minimum Gasteiger partial charge on any atom is -0.389 e. The highest BCUT2D eigenvalue weighted by molar-refractivity contribution is 5.76. The summed E-state index contributed by atoms with van der Waals surface area (Å²) >= 11 is 0. The molecule has 3 rings (SSSR count). The number of carbonyl (C=O) groups excluding carboxylic acids is 1. The molecule has 1 heterocycles. The predicted molar refractivity (Wildman–Crippen MR) is 93.6 cm³/mol. The van der Waals surface area contributed by atoms with Crippen LogP contribution in [0.5, 0.6) is 0 Å². The quantitative estimate of drug-likeness (QED) is 0.708. The Labute approximate surface area is 146 Å². The standard InChI is InChI=1S/C19H34N2O3/c1-19(2,3)8-17(22)20-9-16-18(23)15(12-24-16)21(10-13-4-5-13)11-14-6-7-14/h13-16,18,23H,4-12H2,1-3H3,(H,20,22). The molecule has 0 aromatic rings. The number of nitrogens with one attached hydrogen (secondary N) is 1. The largest absolute Gasteiger partial charge is 0.389 e. The number of aliphatic hydroxyl groups is 1. The molecule has 0 radical (unpaired) electrons. The highest BCUT2D eigenvalue weighted by atomic mass is 16.5. The van der Waals surface area contributed by atoms with Crippen LogP contribution in [0.25, 0.3) is 0 Å². The lowest BCUT2D eigenvalue weighted by Crippen LogP contribution is -2.48. The van der Waals surface area contributed by atoms with E-state index in [0.29, 0.717) is 19.6 Å². The fraction of sp³-hybridized carbons (Fsp3) is 0.947. The molecule has 138 valence electrons. The minimum atomic E-state index is -0.502. The molecule has 3 fully saturated rings. The van der Waals surface area contributed by atoms with Crippen LogP contribution in [0, 0.1) is 17.3 Å². The molecule has 1 amide bonds. The third kappa shape index (κ3) is 5.43. The summed E-state index contributed by atoms with van der Waals surface area (Å²) in [5.74, 6) is 1.68. The fourth-order valence-electron chi connectivity index (χ4n) is 3.54. The van der Waals surface area contributed by atoms with Crippen LogP contribution in [0.15, 0.2) is 0 Å². The summed E-state index contributed by atoms with van der Waals surface area (Å²) in [6.45, 7) is 9.36. The second-order valence-corrected chi connectivity index (χ2v) is 9.31. The number of ether oxygens (including phenoxy) is 1. The van der Waals surface area contributed by atoms with Gasteiger partial charge in [-0.15, -0.1) is 0 Å². The Morgan fingerprint density at radius 1 is 1.17 bits per heavy atom. The maximum absolute atomic E-state index is 12.0. The van der Waals surface area contributed by atoms with Crippen molar-refractivity contribution < 1.29 is 14.6 Å². The van der Waals surface area contributed by atoms with E-state index in [1.165, 1.54) is 25.7 Å². The van der Waals surface area contributed by atoms with Crippen LogP contribution < -0.4 is 5.32 Å².